The van der Waals surface area contributed by atoms with Crippen molar-refractivity contribution in [2.75, 3.05) is 12.0 Å². The number of furan rings is 1. The van der Waals surface area contributed by atoms with Gasteiger partial charge in [-0.25, -0.2) is 9.69 Å². The summed E-state index contributed by atoms with van der Waals surface area (Å²) in [6, 6.07) is 13.1. The normalized spacial score (nSPS) is 14.9. The second-order valence-corrected chi connectivity index (χ2v) is 7.32. The van der Waals surface area contributed by atoms with Gasteiger partial charge in [0.05, 0.1) is 23.3 Å². The minimum absolute atomic E-state index is 0.137. The molecule has 0 bridgehead atoms. The number of nitro groups is 1. The minimum Gasteiger partial charge on any atom is -0.496 e. The van der Waals surface area contributed by atoms with Crippen LogP contribution in [0.25, 0.3) is 17.4 Å². The first-order valence-electron chi connectivity index (χ1n) is 10.3. The summed E-state index contributed by atoms with van der Waals surface area (Å²) >= 11 is 0. The summed E-state index contributed by atoms with van der Waals surface area (Å²) < 4.78 is 11.0. The number of nitro benzene ring substituents is 1. The zero-order valence-corrected chi connectivity index (χ0v) is 18.2. The molecule has 0 saturated carbocycles. The number of methoxy groups -OCH3 is 1. The molecule has 3 aromatic rings. The Morgan fingerprint density at radius 1 is 1.09 bits per heavy atom. The van der Waals surface area contributed by atoms with Gasteiger partial charge >= 0.3 is 6.03 Å². The smallest absolute Gasteiger partial charge is 0.335 e. The molecule has 34 heavy (non-hydrogen) atoms. The third-order valence-electron chi connectivity index (χ3n) is 5.28. The van der Waals surface area contributed by atoms with E-state index in [1.54, 1.807) is 24.3 Å². The van der Waals surface area contributed by atoms with E-state index in [1.165, 1.54) is 43.5 Å². The average Bonchev–Trinajstić information content (AvgIpc) is 3.30. The molecule has 2 heterocycles. The minimum atomic E-state index is -0.859. The van der Waals surface area contributed by atoms with Crippen LogP contribution < -0.4 is 15.0 Å². The van der Waals surface area contributed by atoms with E-state index in [9.17, 15) is 24.5 Å². The SMILES string of the molecule is CCc1ccc(N2C(=O)NC(=O)/C(=C/c3ccc(-c4cc([N+](=O)[O-])ccc4OC)o3)C2=O)cc1. The number of nitrogens with one attached hydrogen (secondary N) is 1. The number of imide groups is 2. The number of anilines is 1. The molecule has 1 aliphatic heterocycles. The van der Waals surface area contributed by atoms with Crippen LogP contribution in [0.4, 0.5) is 16.2 Å². The Morgan fingerprint density at radius 2 is 1.82 bits per heavy atom. The molecule has 1 fully saturated rings. The van der Waals surface area contributed by atoms with Gasteiger partial charge in [0.2, 0.25) is 0 Å². The molecule has 2 aromatic carbocycles. The maximum absolute atomic E-state index is 13.0. The second kappa shape index (κ2) is 9.02. The van der Waals surface area contributed by atoms with Gasteiger partial charge in [0.15, 0.2) is 0 Å². The molecule has 172 valence electrons. The van der Waals surface area contributed by atoms with Gasteiger partial charge in [-0.05, 0) is 48.4 Å². The molecule has 0 unspecified atom stereocenters. The molecule has 0 radical (unpaired) electrons. The lowest BCUT2D eigenvalue weighted by Gasteiger charge is -2.26. The van der Waals surface area contributed by atoms with E-state index in [0.29, 0.717) is 17.0 Å². The van der Waals surface area contributed by atoms with Crippen LogP contribution in [0.5, 0.6) is 5.75 Å². The summed E-state index contributed by atoms with van der Waals surface area (Å²) in [5.41, 5.74) is 1.22. The Kier molecular flexibility index (Phi) is 5.96. The largest absolute Gasteiger partial charge is 0.496 e. The van der Waals surface area contributed by atoms with Gasteiger partial charge < -0.3 is 9.15 Å². The van der Waals surface area contributed by atoms with E-state index in [2.05, 4.69) is 5.32 Å². The highest BCUT2D eigenvalue weighted by molar-refractivity contribution is 6.39. The maximum Gasteiger partial charge on any atom is 0.335 e. The van der Waals surface area contributed by atoms with Crippen molar-refractivity contribution in [2.24, 2.45) is 0 Å². The molecule has 10 heteroatoms. The van der Waals surface area contributed by atoms with Crippen molar-refractivity contribution in [1.82, 2.24) is 5.32 Å². The Bertz CT molecular complexity index is 1340. The number of urea groups is 1. The van der Waals surface area contributed by atoms with E-state index in [-0.39, 0.29) is 22.8 Å². The van der Waals surface area contributed by atoms with Crippen molar-refractivity contribution < 1.29 is 28.5 Å². The van der Waals surface area contributed by atoms with Crippen LogP contribution in [0.1, 0.15) is 18.2 Å². The standard InChI is InChI=1S/C24H19N3O7/c1-3-14-4-6-15(7-5-14)26-23(29)19(22(28)25-24(26)30)13-17-9-11-21(34-17)18-12-16(27(31)32)8-10-20(18)33-2/h4-13H,3H2,1-2H3,(H,25,28,30)/b19-13-. The van der Waals surface area contributed by atoms with E-state index in [4.69, 9.17) is 9.15 Å². The number of hydrogen-bond acceptors (Lipinski definition) is 7. The predicted octanol–water partition coefficient (Wildman–Crippen LogP) is 4.09. The number of carbonyl (C=O) groups is 3. The van der Waals surface area contributed by atoms with Crippen molar-refractivity contribution in [3.63, 3.8) is 0 Å². The quantitative estimate of drug-likeness (QED) is 0.253. The summed E-state index contributed by atoms with van der Waals surface area (Å²) in [7, 11) is 1.42. The van der Waals surface area contributed by atoms with Crippen molar-refractivity contribution in [2.45, 2.75) is 13.3 Å². The third-order valence-corrected chi connectivity index (χ3v) is 5.28. The number of carbonyl (C=O) groups excluding carboxylic acids is 3. The third kappa shape index (κ3) is 4.16. The fourth-order valence-corrected chi connectivity index (χ4v) is 3.49. The number of aryl methyl sites for hydroxylation is 1. The summed E-state index contributed by atoms with van der Waals surface area (Å²) in [4.78, 5) is 49.3. The number of hydrogen-bond donors (Lipinski definition) is 1. The highest BCUT2D eigenvalue weighted by Crippen LogP contribution is 2.35. The lowest BCUT2D eigenvalue weighted by molar-refractivity contribution is -0.384. The number of barbiturate groups is 1. The van der Waals surface area contributed by atoms with Crippen LogP contribution in [0, 0.1) is 10.1 Å². The van der Waals surface area contributed by atoms with E-state index in [1.807, 2.05) is 6.92 Å². The van der Waals surface area contributed by atoms with Crippen LogP contribution in [0.15, 0.2) is 64.6 Å². The molecule has 0 spiro atoms. The lowest BCUT2D eigenvalue weighted by atomic mass is 10.1. The van der Waals surface area contributed by atoms with E-state index >= 15 is 0 Å². The van der Waals surface area contributed by atoms with E-state index in [0.717, 1.165) is 16.9 Å². The molecule has 4 rings (SSSR count). The van der Waals surface area contributed by atoms with Crippen molar-refractivity contribution in [1.29, 1.82) is 0 Å². The van der Waals surface area contributed by atoms with Gasteiger partial charge in [0.25, 0.3) is 17.5 Å². The predicted molar refractivity (Wildman–Crippen MR) is 122 cm³/mol. The van der Waals surface area contributed by atoms with Gasteiger partial charge in [-0.2, -0.15) is 0 Å². The van der Waals surface area contributed by atoms with Crippen LogP contribution >= 0.6 is 0 Å². The Morgan fingerprint density at radius 3 is 2.47 bits per heavy atom. The topological polar surface area (TPSA) is 132 Å². The zero-order valence-electron chi connectivity index (χ0n) is 18.2. The number of rotatable bonds is 6. The number of ether oxygens (including phenoxy) is 1. The van der Waals surface area contributed by atoms with Crippen LogP contribution in [0.3, 0.4) is 0 Å². The monoisotopic (exact) mass is 461 g/mol. The molecule has 1 saturated heterocycles. The lowest BCUT2D eigenvalue weighted by Crippen LogP contribution is -2.54. The maximum atomic E-state index is 13.0. The Balaban J connectivity index is 1.68. The highest BCUT2D eigenvalue weighted by atomic mass is 16.6. The van der Waals surface area contributed by atoms with Crippen molar-refractivity contribution in [3.05, 3.63) is 81.6 Å². The zero-order chi connectivity index (χ0) is 24.4. The number of nitrogens with zero attached hydrogens (tertiary/aromatic N) is 2. The molecule has 1 aromatic heterocycles. The summed E-state index contributed by atoms with van der Waals surface area (Å²) in [5.74, 6) is -0.944. The van der Waals surface area contributed by atoms with Crippen LogP contribution in [-0.2, 0) is 16.0 Å². The molecule has 0 aliphatic carbocycles. The fourth-order valence-electron chi connectivity index (χ4n) is 3.49. The fraction of sp³-hybridized carbons (Fsp3) is 0.125. The van der Waals surface area contributed by atoms with Crippen LogP contribution in [0.2, 0.25) is 0 Å². The number of benzene rings is 2. The van der Waals surface area contributed by atoms with Gasteiger partial charge in [-0.1, -0.05) is 19.1 Å². The summed E-state index contributed by atoms with van der Waals surface area (Å²) in [6.07, 6.45) is 2.01. The molecule has 1 aliphatic rings. The number of amides is 4. The molecule has 0 atom stereocenters. The van der Waals surface area contributed by atoms with Gasteiger partial charge in [0, 0.05) is 12.1 Å². The van der Waals surface area contributed by atoms with Crippen LogP contribution in [-0.4, -0.2) is 29.9 Å². The van der Waals surface area contributed by atoms with E-state index < -0.39 is 22.8 Å². The first-order chi connectivity index (χ1) is 16.3. The molecule has 10 nitrogen and oxygen atoms in total. The first-order valence-corrected chi connectivity index (χ1v) is 10.3. The van der Waals surface area contributed by atoms with Crippen molar-refractivity contribution in [3.8, 4) is 17.1 Å². The second-order valence-electron chi connectivity index (χ2n) is 7.32. The first kappa shape index (κ1) is 22.5. The van der Waals surface area contributed by atoms with Crippen molar-refractivity contribution >= 4 is 35.3 Å². The summed E-state index contributed by atoms with van der Waals surface area (Å²) in [5, 5.41) is 13.3. The Hall–Kier alpha value is -4.73. The Labute approximate surface area is 193 Å². The molecular formula is C24H19N3O7. The van der Waals surface area contributed by atoms with Gasteiger partial charge in [-0.15, -0.1) is 0 Å². The van der Waals surface area contributed by atoms with Gasteiger partial charge in [-0.3, -0.25) is 25.0 Å². The van der Waals surface area contributed by atoms with Gasteiger partial charge in [0.1, 0.15) is 22.8 Å². The highest BCUT2D eigenvalue weighted by Gasteiger charge is 2.37. The number of non-ortho nitro benzene ring substituents is 1. The molecule has 4 amide bonds. The molecular weight excluding hydrogens is 442 g/mol. The molecule has 1 N–H and O–H groups in total. The average molecular weight is 461 g/mol. The summed E-state index contributed by atoms with van der Waals surface area (Å²) in [6.45, 7) is 1.98.